The van der Waals surface area contributed by atoms with Gasteiger partial charge in [-0.3, -0.25) is 0 Å². The number of benzene rings is 2. The number of rotatable bonds is 4. The maximum absolute atomic E-state index is 13.0. The number of hydrogen-bond acceptors (Lipinski definition) is 4. The molecule has 3 aromatic rings. The van der Waals surface area contributed by atoms with Gasteiger partial charge >= 0.3 is 6.03 Å². The molecule has 0 aliphatic heterocycles. The Bertz CT molecular complexity index is 955. The topological polar surface area (TPSA) is 80.0 Å². The van der Waals surface area contributed by atoms with Crippen LogP contribution >= 0.6 is 0 Å². The molecule has 2 amide bonds. The minimum Gasteiger partial charge on any atom is -0.337 e. The maximum Gasteiger partial charge on any atom is 0.315 e. The first-order valence-corrected chi connectivity index (χ1v) is 8.84. The zero-order valence-electron chi connectivity index (χ0n) is 14.8. The van der Waals surface area contributed by atoms with Crippen molar-refractivity contribution in [1.82, 2.24) is 20.8 Å². The number of nitrogens with zero attached hydrogens (tertiary/aromatic N) is 2. The lowest BCUT2D eigenvalue weighted by molar-refractivity contribution is 0.230. The van der Waals surface area contributed by atoms with Crippen molar-refractivity contribution in [3.8, 4) is 11.4 Å². The zero-order valence-corrected chi connectivity index (χ0v) is 14.8. The van der Waals surface area contributed by atoms with E-state index in [1.165, 1.54) is 17.7 Å². The van der Waals surface area contributed by atoms with E-state index in [0.29, 0.717) is 11.4 Å². The number of carbonyl (C=O) groups excluding carboxylic acids is 1. The number of hydrogen-bond donors (Lipinski definition) is 2. The molecule has 0 spiro atoms. The molecule has 27 heavy (non-hydrogen) atoms. The van der Waals surface area contributed by atoms with Gasteiger partial charge in [0.05, 0.1) is 6.04 Å². The summed E-state index contributed by atoms with van der Waals surface area (Å²) < 4.78 is 18.3. The number of fused-ring (bicyclic) bond motifs is 1. The Morgan fingerprint density at radius 3 is 2.81 bits per heavy atom. The van der Waals surface area contributed by atoms with Crippen LogP contribution in [-0.4, -0.2) is 16.2 Å². The van der Waals surface area contributed by atoms with Crippen molar-refractivity contribution >= 4 is 6.03 Å². The average molecular weight is 366 g/mol. The highest BCUT2D eigenvalue weighted by Crippen LogP contribution is 2.30. The molecular weight excluding hydrogens is 347 g/mol. The maximum atomic E-state index is 13.0. The molecule has 0 saturated carbocycles. The third-order valence-electron chi connectivity index (χ3n) is 4.70. The van der Waals surface area contributed by atoms with Gasteiger partial charge in [0.15, 0.2) is 0 Å². The van der Waals surface area contributed by atoms with Gasteiger partial charge in [-0.15, -0.1) is 0 Å². The van der Waals surface area contributed by atoms with Gasteiger partial charge in [-0.05, 0) is 55.2 Å². The smallest absolute Gasteiger partial charge is 0.315 e. The Morgan fingerprint density at radius 2 is 2.00 bits per heavy atom. The predicted molar refractivity (Wildman–Crippen MR) is 97.3 cm³/mol. The normalized spacial score (nSPS) is 16.6. The molecule has 1 heterocycles. The Morgan fingerprint density at radius 1 is 1.22 bits per heavy atom. The van der Waals surface area contributed by atoms with E-state index in [4.69, 9.17) is 4.52 Å². The molecule has 0 fully saturated rings. The van der Waals surface area contributed by atoms with E-state index in [2.05, 4.69) is 26.8 Å². The van der Waals surface area contributed by atoms with Crippen LogP contribution in [0.4, 0.5) is 9.18 Å². The fourth-order valence-corrected chi connectivity index (χ4v) is 3.29. The summed E-state index contributed by atoms with van der Waals surface area (Å²) in [5.41, 5.74) is 3.08. The van der Waals surface area contributed by atoms with Crippen molar-refractivity contribution in [3.63, 3.8) is 0 Å². The molecular formula is C20H19FN4O2. The lowest BCUT2D eigenvalue weighted by Gasteiger charge is -2.16. The van der Waals surface area contributed by atoms with E-state index >= 15 is 0 Å². The molecule has 0 unspecified atom stereocenters. The molecule has 0 saturated heterocycles. The lowest BCUT2D eigenvalue weighted by atomic mass is 10.1. The molecule has 0 bridgehead atoms. The Balaban J connectivity index is 1.39. The standard InChI is InChI=1S/C20H19FN4O2/c1-12(19-24-18(25-27-19)14-6-9-15(21)10-7-14)22-20(26)23-17-11-8-13-4-2-3-5-16(13)17/h2-7,9-10,12,17H,8,11H2,1H3,(H2,22,23,26)/t12-,17+/m0/s1. The van der Waals surface area contributed by atoms with Gasteiger partial charge in [-0.2, -0.15) is 4.98 Å². The molecule has 1 aliphatic carbocycles. The van der Waals surface area contributed by atoms with Crippen LogP contribution in [0.2, 0.25) is 0 Å². The first-order chi connectivity index (χ1) is 13.1. The highest BCUT2D eigenvalue weighted by atomic mass is 19.1. The summed E-state index contributed by atoms with van der Waals surface area (Å²) in [4.78, 5) is 16.6. The fourth-order valence-electron chi connectivity index (χ4n) is 3.29. The van der Waals surface area contributed by atoms with Crippen LogP contribution in [0.1, 0.15) is 42.4 Å². The minimum absolute atomic E-state index is 0.00543. The number of amides is 2. The van der Waals surface area contributed by atoms with Gasteiger partial charge in [-0.25, -0.2) is 9.18 Å². The predicted octanol–water partition coefficient (Wildman–Crippen LogP) is 3.92. The highest BCUT2D eigenvalue weighted by molar-refractivity contribution is 5.75. The SMILES string of the molecule is C[C@H](NC(=O)N[C@@H]1CCc2ccccc21)c1nc(-c2ccc(F)cc2)no1. The molecule has 2 atom stereocenters. The van der Waals surface area contributed by atoms with Crippen LogP contribution in [0.3, 0.4) is 0 Å². The van der Waals surface area contributed by atoms with E-state index in [1.54, 1.807) is 19.1 Å². The van der Waals surface area contributed by atoms with E-state index in [0.717, 1.165) is 18.4 Å². The van der Waals surface area contributed by atoms with Crippen molar-refractivity contribution in [2.75, 3.05) is 0 Å². The first kappa shape index (κ1) is 17.2. The molecule has 138 valence electrons. The number of carbonyl (C=O) groups is 1. The molecule has 4 rings (SSSR count). The van der Waals surface area contributed by atoms with E-state index in [-0.39, 0.29) is 23.8 Å². The second-order valence-corrected chi connectivity index (χ2v) is 6.59. The Kier molecular flexibility index (Phi) is 4.58. The highest BCUT2D eigenvalue weighted by Gasteiger charge is 2.24. The van der Waals surface area contributed by atoms with Crippen molar-refractivity contribution < 1.29 is 13.7 Å². The van der Waals surface area contributed by atoms with Crippen molar-refractivity contribution in [2.45, 2.75) is 31.8 Å². The molecule has 7 heteroatoms. The number of aromatic nitrogens is 2. The monoisotopic (exact) mass is 366 g/mol. The molecule has 0 radical (unpaired) electrons. The van der Waals surface area contributed by atoms with Crippen molar-refractivity contribution in [3.05, 3.63) is 71.4 Å². The summed E-state index contributed by atoms with van der Waals surface area (Å²) in [7, 11) is 0. The molecule has 1 aliphatic rings. The Hall–Kier alpha value is -3.22. The van der Waals surface area contributed by atoms with Gasteiger partial charge < -0.3 is 15.2 Å². The van der Waals surface area contributed by atoms with E-state index in [9.17, 15) is 9.18 Å². The summed E-state index contributed by atoms with van der Waals surface area (Å²) in [6.45, 7) is 1.77. The summed E-state index contributed by atoms with van der Waals surface area (Å²) in [6.07, 6.45) is 1.85. The zero-order chi connectivity index (χ0) is 18.8. The summed E-state index contributed by atoms with van der Waals surface area (Å²) in [6, 6.07) is 13.2. The van der Waals surface area contributed by atoms with Crippen LogP contribution in [0, 0.1) is 5.82 Å². The summed E-state index contributed by atoms with van der Waals surface area (Å²) in [5.74, 6) is 0.308. The Labute approximate surface area is 155 Å². The summed E-state index contributed by atoms with van der Waals surface area (Å²) >= 11 is 0. The van der Waals surface area contributed by atoms with Gasteiger partial charge in [0.2, 0.25) is 11.7 Å². The van der Waals surface area contributed by atoms with Gasteiger partial charge in [0.25, 0.3) is 0 Å². The third-order valence-corrected chi connectivity index (χ3v) is 4.70. The van der Waals surface area contributed by atoms with Crippen LogP contribution < -0.4 is 10.6 Å². The van der Waals surface area contributed by atoms with Crippen molar-refractivity contribution in [1.29, 1.82) is 0 Å². The van der Waals surface area contributed by atoms with Crippen LogP contribution in [-0.2, 0) is 6.42 Å². The van der Waals surface area contributed by atoms with Crippen molar-refractivity contribution in [2.24, 2.45) is 0 Å². The van der Waals surface area contributed by atoms with E-state index < -0.39 is 6.04 Å². The third kappa shape index (κ3) is 3.67. The van der Waals surface area contributed by atoms with Crippen LogP contribution in [0.25, 0.3) is 11.4 Å². The van der Waals surface area contributed by atoms with Crippen LogP contribution in [0.15, 0.2) is 53.1 Å². The average Bonchev–Trinajstić information content (AvgIpc) is 3.30. The quantitative estimate of drug-likeness (QED) is 0.733. The number of nitrogens with one attached hydrogen (secondary N) is 2. The molecule has 2 N–H and O–H groups in total. The second-order valence-electron chi connectivity index (χ2n) is 6.59. The lowest BCUT2D eigenvalue weighted by Crippen LogP contribution is -2.38. The summed E-state index contributed by atoms with van der Waals surface area (Å²) in [5, 5.41) is 9.72. The van der Waals surface area contributed by atoms with E-state index in [1.807, 2.05) is 18.2 Å². The number of halogens is 1. The fraction of sp³-hybridized carbons (Fsp3) is 0.250. The van der Waals surface area contributed by atoms with Gasteiger partial charge in [-0.1, -0.05) is 29.4 Å². The number of urea groups is 1. The largest absolute Gasteiger partial charge is 0.337 e. The van der Waals surface area contributed by atoms with Crippen LogP contribution in [0.5, 0.6) is 0 Å². The minimum atomic E-state index is -0.455. The molecule has 2 aromatic carbocycles. The van der Waals surface area contributed by atoms with Gasteiger partial charge in [0.1, 0.15) is 11.9 Å². The molecule has 1 aromatic heterocycles. The van der Waals surface area contributed by atoms with Gasteiger partial charge in [0, 0.05) is 5.56 Å². The first-order valence-electron chi connectivity index (χ1n) is 8.84. The number of aryl methyl sites for hydroxylation is 1. The second kappa shape index (κ2) is 7.19. The molecule has 6 nitrogen and oxygen atoms in total.